The lowest BCUT2D eigenvalue weighted by Gasteiger charge is -2.15. The highest BCUT2D eigenvalue weighted by atomic mass is 16.5. The molecule has 0 aromatic carbocycles. The lowest BCUT2D eigenvalue weighted by Crippen LogP contribution is -2.28. The third-order valence-corrected chi connectivity index (χ3v) is 2.78. The first-order chi connectivity index (χ1) is 8.04. The fourth-order valence-electron chi connectivity index (χ4n) is 1.42. The van der Waals surface area contributed by atoms with Crippen molar-refractivity contribution in [1.82, 2.24) is 15.1 Å². The van der Waals surface area contributed by atoms with Gasteiger partial charge in [0.1, 0.15) is 0 Å². The van der Waals surface area contributed by atoms with Crippen molar-refractivity contribution in [1.29, 1.82) is 0 Å². The summed E-state index contributed by atoms with van der Waals surface area (Å²) in [5.41, 5.74) is 7.33. The fourth-order valence-corrected chi connectivity index (χ4v) is 1.42. The number of nitrogens with zero attached hydrogens (tertiary/aromatic N) is 3. The Morgan fingerprint density at radius 2 is 2.18 bits per heavy atom. The van der Waals surface area contributed by atoms with Gasteiger partial charge >= 0.3 is 0 Å². The van der Waals surface area contributed by atoms with E-state index in [1.165, 1.54) is 0 Å². The van der Waals surface area contributed by atoms with Gasteiger partial charge in [0.15, 0.2) is 0 Å². The highest BCUT2D eigenvalue weighted by Crippen LogP contribution is 2.24. The minimum absolute atomic E-state index is 0.299. The lowest BCUT2D eigenvalue weighted by atomic mass is 9.94. The molecule has 0 saturated heterocycles. The van der Waals surface area contributed by atoms with Gasteiger partial charge in [-0.1, -0.05) is 5.16 Å². The normalized spacial score (nSPS) is 11.8. The maximum atomic E-state index is 5.68. The van der Waals surface area contributed by atoms with E-state index in [1.807, 2.05) is 26.8 Å². The summed E-state index contributed by atoms with van der Waals surface area (Å²) in [6.07, 6.45) is 3.49. The molecule has 2 rings (SSSR count). The topological polar surface area (TPSA) is 77.8 Å². The summed E-state index contributed by atoms with van der Waals surface area (Å²) >= 11 is 0. The zero-order valence-corrected chi connectivity index (χ0v) is 10.3. The van der Waals surface area contributed by atoms with Gasteiger partial charge in [0.2, 0.25) is 11.7 Å². The maximum Gasteiger partial charge on any atom is 0.233 e. The standard InChI is InChI=1S/C12H16N4O/c1-8-6-14-5-4-9(8)10-15-11(17-16-10)12(2,3)7-13/h4-6H,7,13H2,1-3H3. The van der Waals surface area contributed by atoms with Gasteiger partial charge in [-0.3, -0.25) is 4.98 Å². The van der Waals surface area contributed by atoms with Crippen LogP contribution in [0.3, 0.4) is 0 Å². The summed E-state index contributed by atoms with van der Waals surface area (Å²) < 4.78 is 5.27. The summed E-state index contributed by atoms with van der Waals surface area (Å²) in [5.74, 6) is 1.15. The SMILES string of the molecule is Cc1cnccc1-c1noc(C(C)(C)CN)n1. The number of hydrogen-bond acceptors (Lipinski definition) is 5. The summed E-state index contributed by atoms with van der Waals surface area (Å²) in [6.45, 7) is 6.38. The van der Waals surface area contributed by atoms with Gasteiger partial charge in [0.25, 0.3) is 0 Å². The van der Waals surface area contributed by atoms with Crippen LogP contribution in [0.4, 0.5) is 0 Å². The first kappa shape index (κ1) is 11.7. The fraction of sp³-hybridized carbons (Fsp3) is 0.417. The molecule has 0 spiro atoms. The van der Waals surface area contributed by atoms with Crippen molar-refractivity contribution in [2.24, 2.45) is 5.73 Å². The zero-order valence-electron chi connectivity index (χ0n) is 10.3. The van der Waals surface area contributed by atoms with Gasteiger partial charge in [-0.15, -0.1) is 0 Å². The van der Waals surface area contributed by atoms with Crippen molar-refractivity contribution >= 4 is 0 Å². The molecule has 2 aromatic rings. The molecule has 0 fully saturated rings. The lowest BCUT2D eigenvalue weighted by molar-refractivity contribution is 0.311. The van der Waals surface area contributed by atoms with Crippen LogP contribution < -0.4 is 5.73 Å². The van der Waals surface area contributed by atoms with Crippen molar-refractivity contribution in [2.75, 3.05) is 6.54 Å². The van der Waals surface area contributed by atoms with E-state index >= 15 is 0 Å². The van der Waals surface area contributed by atoms with Gasteiger partial charge in [0.05, 0.1) is 5.41 Å². The molecule has 0 aliphatic rings. The molecule has 2 aromatic heterocycles. The summed E-state index contributed by atoms with van der Waals surface area (Å²) in [4.78, 5) is 8.43. The van der Waals surface area contributed by atoms with E-state index in [4.69, 9.17) is 10.3 Å². The van der Waals surface area contributed by atoms with Crippen LogP contribution in [-0.4, -0.2) is 21.7 Å². The highest BCUT2D eigenvalue weighted by molar-refractivity contribution is 5.58. The van der Waals surface area contributed by atoms with Crippen molar-refractivity contribution in [2.45, 2.75) is 26.2 Å². The second-order valence-corrected chi connectivity index (χ2v) is 4.70. The van der Waals surface area contributed by atoms with Crippen LogP contribution in [0.15, 0.2) is 23.0 Å². The van der Waals surface area contributed by atoms with Crippen molar-refractivity contribution < 1.29 is 4.52 Å². The Kier molecular flexibility index (Phi) is 2.93. The molecular weight excluding hydrogens is 216 g/mol. The van der Waals surface area contributed by atoms with Gasteiger partial charge < -0.3 is 10.3 Å². The minimum atomic E-state index is -0.299. The van der Waals surface area contributed by atoms with Crippen LogP contribution in [0.25, 0.3) is 11.4 Å². The van der Waals surface area contributed by atoms with Gasteiger partial charge in [-0.2, -0.15) is 4.98 Å². The summed E-state index contributed by atoms with van der Waals surface area (Å²) in [5, 5.41) is 3.99. The first-order valence-corrected chi connectivity index (χ1v) is 5.50. The average Bonchev–Trinajstić information content (AvgIpc) is 2.79. The molecule has 0 bridgehead atoms. The number of aromatic nitrogens is 3. The molecule has 0 aliphatic carbocycles. The smallest absolute Gasteiger partial charge is 0.233 e. The Hall–Kier alpha value is -1.75. The predicted molar refractivity (Wildman–Crippen MR) is 64.3 cm³/mol. The highest BCUT2D eigenvalue weighted by Gasteiger charge is 2.26. The number of hydrogen-bond donors (Lipinski definition) is 1. The van der Waals surface area contributed by atoms with Gasteiger partial charge in [0, 0.05) is 24.5 Å². The molecule has 0 saturated carbocycles. The van der Waals surface area contributed by atoms with Crippen LogP contribution in [-0.2, 0) is 5.41 Å². The van der Waals surface area contributed by atoms with Crippen molar-refractivity contribution in [3.63, 3.8) is 0 Å². The molecule has 90 valence electrons. The number of aryl methyl sites for hydroxylation is 1. The molecule has 0 radical (unpaired) electrons. The molecule has 0 amide bonds. The first-order valence-electron chi connectivity index (χ1n) is 5.50. The summed E-state index contributed by atoms with van der Waals surface area (Å²) in [7, 11) is 0. The largest absolute Gasteiger partial charge is 0.338 e. The van der Waals surface area contributed by atoms with E-state index < -0.39 is 0 Å². The molecule has 2 N–H and O–H groups in total. The average molecular weight is 232 g/mol. The molecule has 0 unspecified atom stereocenters. The second kappa shape index (κ2) is 4.25. The second-order valence-electron chi connectivity index (χ2n) is 4.70. The number of rotatable bonds is 3. The van der Waals surface area contributed by atoms with E-state index in [0.29, 0.717) is 18.3 Å². The third-order valence-electron chi connectivity index (χ3n) is 2.78. The quantitative estimate of drug-likeness (QED) is 0.871. The van der Waals surface area contributed by atoms with E-state index in [2.05, 4.69) is 15.1 Å². The Labute approximate surface area is 100 Å². The van der Waals surface area contributed by atoms with Crippen molar-refractivity contribution in [3.8, 4) is 11.4 Å². The number of pyridine rings is 1. The molecular formula is C12H16N4O. The van der Waals surface area contributed by atoms with E-state index in [9.17, 15) is 0 Å². The van der Waals surface area contributed by atoms with Crippen LogP contribution in [0.1, 0.15) is 25.3 Å². The monoisotopic (exact) mass is 232 g/mol. The molecule has 2 heterocycles. The Balaban J connectivity index is 2.40. The molecule has 17 heavy (non-hydrogen) atoms. The molecule has 0 aliphatic heterocycles. The van der Waals surface area contributed by atoms with Crippen molar-refractivity contribution in [3.05, 3.63) is 29.9 Å². The molecule has 5 nitrogen and oxygen atoms in total. The minimum Gasteiger partial charge on any atom is -0.338 e. The van der Waals surface area contributed by atoms with E-state index in [-0.39, 0.29) is 5.41 Å². The van der Waals surface area contributed by atoms with Crippen LogP contribution >= 0.6 is 0 Å². The third kappa shape index (κ3) is 2.19. The summed E-state index contributed by atoms with van der Waals surface area (Å²) in [6, 6.07) is 1.87. The van der Waals surface area contributed by atoms with E-state index in [0.717, 1.165) is 11.1 Å². The molecule has 5 heteroatoms. The van der Waals surface area contributed by atoms with Crippen LogP contribution in [0.2, 0.25) is 0 Å². The maximum absolute atomic E-state index is 5.68. The van der Waals surface area contributed by atoms with Crippen LogP contribution in [0.5, 0.6) is 0 Å². The Morgan fingerprint density at radius 3 is 2.82 bits per heavy atom. The van der Waals surface area contributed by atoms with E-state index in [1.54, 1.807) is 12.4 Å². The van der Waals surface area contributed by atoms with Gasteiger partial charge in [-0.05, 0) is 32.4 Å². The van der Waals surface area contributed by atoms with Gasteiger partial charge in [-0.25, -0.2) is 0 Å². The predicted octanol–water partition coefficient (Wildman–Crippen LogP) is 1.68. The van der Waals surface area contributed by atoms with Crippen LogP contribution in [0, 0.1) is 6.92 Å². The number of nitrogens with two attached hydrogens (primary N) is 1. The zero-order chi connectivity index (χ0) is 12.5. The molecule has 0 atom stereocenters. The Morgan fingerprint density at radius 1 is 1.41 bits per heavy atom. The Bertz CT molecular complexity index is 519.